The molecule has 1 saturated heterocycles. The predicted octanol–water partition coefficient (Wildman–Crippen LogP) is 9.20. The maximum absolute atomic E-state index is 13.0. The first-order chi connectivity index (χ1) is 18.2. The fourth-order valence-corrected chi connectivity index (χ4v) is 5.63. The van der Waals surface area contributed by atoms with Crippen LogP contribution >= 0.6 is 28.6 Å². The third-order valence-electron chi connectivity index (χ3n) is 7.17. The molecule has 0 radical (unpaired) electrons. The average Bonchev–Trinajstić information content (AvgIpc) is 3.28. The van der Waals surface area contributed by atoms with E-state index < -0.39 is 24.2 Å². The molecule has 0 aliphatic carbocycles. The van der Waals surface area contributed by atoms with E-state index in [9.17, 15) is 14.2 Å². The Bertz CT molecular complexity index is 876. The molecule has 0 saturated carbocycles. The number of rotatable bonds is 19. The SMILES string of the molecule is CCCCCCCCCCCCCCCC(=O)N1C[C@H](OC(=O)c2ccc(C)cc2)C[C@H]1COP(=O)(Cl)Cl. The summed E-state index contributed by atoms with van der Waals surface area (Å²) in [6, 6.07) is 6.76. The summed E-state index contributed by atoms with van der Waals surface area (Å²) in [4.78, 5) is 27.3. The van der Waals surface area contributed by atoms with Crippen molar-refractivity contribution < 1.29 is 23.4 Å². The van der Waals surface area contributed by atoms with Crippen molar-refractivity contribution in [2.75, 3.05) is 13.2 Å². The van der Waals surface area contributed by atoms with Gasteiger partial charge in [0, 0.05) is 12.8 Å². The Morgan fingerprint density at radius 1 is 0.895 bits per heavy atom. The standard InChI is InChI=1S/C29H46Cl2NO5P/c1-3-4-5-6-7-8-9-10-11-12-13-14-15-16-28(33)32-22-27(21-26(32)23-36-38(30,31)35)37-29(34)25-19-17-24(2)18-20-25/h17-20,26-27H,3-16,21-23H2,1-2H3/t26-,27+/m0/s1. The molecule has 2 atom stereocenters. The minimum absolute atomic E-state index is 0.0189. The van der Waals surface area contributed by atoms with Crippen molar-refractivity contribution in [1.29, 1.82) is 0 Å². The van der Waals surface area contributed by atoms with Crippen LogP contribution in [0.3, 0.4) is 0 Å². The molecular weight excluding hydrogens is 544 g/mol. The molecule has 6 nitrogen and oxygen atoms in total. The van der Waals surface area contributed by atoms with E-state index in [-0.39, 0.29) is 19.1 Å². The van der Waals surface area contributed by atoms with Gasteiger partial charge in [-0.2, -0.15) is 0 Å². The third kappa shape index (κ3) is 13.8. The highest BCUT2D eigenvalue weighted by molar-refractivity contribution is 8.05. The quantitative estimate of drug-likeness (QED) is 0.0913. The maximum Gasteiger partial charge on any atom is 0.380 e. The van der Waals surface area contributed by atoms with Crippen molar-refractivity contribution in [2.24, 2.45) is 0 Å². The van der Waals surface area contributed by atoms with Gasteiger partial charge in [-0.25, -0.2) is 4.79 Å². The molecule has 0 unspecified atom stereocenters. The zero-order valence-electron chi connectivity index (χ0n) is 23.2. The highest BCUT2D eigenvalue weighted by Crippen LogP contribution is 2.57. The first-order valence-corrected chi connectivity index (χ1v) is 17.8. The molecule has 1 aliphatic heterocycles. The Hall–Kier alpha value is -1.07. The van der Waals surface area contributed by atoms with Crippen LogP contribution in [0.4, 0.5) is 0 Å². The number of ether oxygens (including phenoxy) is 1. The van der Waals surface area contributed by atoms with Crippen molar-refractivity contribution >= 4 is 40.4 Å². The van der Waals surface area contributed by atoms with E-state index in [2.05, 4.69) is 6.92 Å². The molecule has 1 amide bonds. The van der Waals surface area contributed by atoms with Crippen LogP contribution in [0.15, 0.2) is 24.3 Å². The molecule has 0 N–H and O–H groups in total. The van der Waals surface area contributed by atoms with E-state index in [0.29, 0.717) is 18.4 Å². The van der Waals surface area contributed by atoms with Gasteiger partial charge in [-0.05, 0) is 48.0 Å². The third-order valence-corrected chi connectivity index (χ3v) is 8.20. The lowest BCUT2D eigenvalue weighted by Gasteiger charge is -2.24. The van der Waals surface area contributed by atoms with Gasteiger partial charge in [0.05, 0.1) is 24.8 Å². The second-order valence-corrected chi connectivity index (χ2v) is 14.8. The summed E-state index contributed by atoms with van der Waals surface area (Å²) in [6.07, 6.45) is 12.8. The number of hydrogen-bond acceptors (Lipinski definition) is 5. The van der Waals surface area contributed by atoms with Crippen LogP contribution in [0.25, 0.3) is 0 Å². The van der Waals surface area contributed by atoms with Crippen molar-refractivity contribution in [3.8, 4) is 0 Å². The van der Waals surface area contributed by atoms with Crippen LogP contribution in [0, 0.1) is 6.92 Å². The number of esters is 1. The molecule has 1 aromatic carbocycles. The summed E-state index contributed by atoms with van der Waals surface area (Å²) < 4.78 is 22.4. The lowest BCUT2D eigenvalue weighted by molar-refractivity contribution is -0.133. The van der Waals surface area contributed by atoms with Crippen molar-refractivity contribution in [3.63, 3.8) is 0 Å². The molecule has 2 rings (SSSR count). The fourth-order valence-electron chi connectivity index (χ4n) is 4.94. The maximum atomic E-state index is 13.0. The molecule has 0 bridgehead atoms. The topological polar surface area (TPSA) is 72.9 Å². The Morgan fingerprint density at radius 2 is 1.42 bits per heavy atom. The number of hydrogen-bond donors (Lipinski definition) is 0. The molecule has 1 fully saturated rings. The van der Waals surface area contributed by atoms with Gasteiger partial charge in [-0.1, -0.05) is 102 Å². The summed E-state index contributed by atoms with van der Waals surface area (Å²) in [7, 11) is 0. The number of benzene rings is 1. The lowest BCUT2D eigenvalue weighted by Crippen LogP contribution is -2.38. The fraction of sp³-hybridized carbons (Fsp3) is 0.724. The van der Waals surface area contributed by atoms with E-state index >= 15 is 0 Å². The summed E-state index contributed by atoms with van der Waals surface area (Å²) in [5.74, 6) is -0.449. The Kier molecular flexibility index (Phi) is 16.0. The van der Waals surface area contributed by atoms with Crippen molar-refractivity contribution in [2.45, 2.75) is 122 Å². The van der Waals surface area contributed by atoms with Gasteiger partial charge in [-0.3, -0.25) is 9.36 Å². The van der Waals surface area contributed by atoms with Crippen LogP contribution in [0.5, 0.6) is 0 Å². The largest absolute Gasteiger partial charge is 0.457 e. The Labute approximate surface area is 239 Å². The Morgan fingerprint density at radius 3 is 1.95 bits per heavy atom. The minimum Gasteiger partial charge on any atom is -0.457 e. The molecule has 216 valence electrons. The van der Waals surface area contributed by atoms with E-state index in [1.165, 1.54) is 64.2 Å². The van der Waals surface area contributed by atoms with E-state index in [0.717, 1.165) is 24.8 Å². The molecule has 1 aliphatic rings. The summed E-state index contributed by atoms with van der Waals surface area (Å²) in [5, 5.41) is 0. The first kappa shape index (κ1) is 33.1. The molecule has 38 heavy (non-hydrogen) atoms. The van der Waals surface area contributed by atoms with Crippen LogP contribution in [-0.2, 0) is 18.6 Å². The van der Waals surface area contributed by atoms with Crippen LogP contribution in [0.2, 0.25) is 0 Å². The highest BCUT2D eigenvalue weighted by Gasteiger charge is 2.38. The van der Waals surface area contributed by atoms with Gasteiger partial charge in [0.2, 0.25) is 5.91 Å². The predicted molar refractivity (Wildman–Crippen MR) is 156 cm³/mol. The average molecular weight is 591 g/mol. The van der Waals surface area contributed by atoms with E-state index in [4.69, 9.17) is 31.7 Å². The van der Waals surface area contributed by atoms with Gasteiger partial charge in [0.1, 0.15) is 6.10 Å². The normalized spacial score (nSPS) is 17.6. The molecular formula is C29H46Cl2NO5P. The lowest BCUT2D eigenvalue weighted by atomic mass is 10.0. The minimum atomic E-state index is -3.73. The van der Waals surface area contributed by atoms with E-state index in [1.54, 1.807) is 17.0 Å². The number of likely N-dealkylation sites (tertiary alicyclic amines) is 1. The number of carbonyl (C=O) groups is 2. The van der Waals surface area contributed by atoms with E-state index in [1.807, 2.05) is 19.1 Å². The van der Waals surface area contributed by atoms with Gasteiger partial charge in [0.25, 0.3) is 0 Å². The summed E-state index contributed by atoms with van der Waals surface area (Å²) in [5.41, 5.74) is 1.52. The van der Waals surface area contributed by atoms with Crippen LogP contribution in [0.1, 0.15) is 119 Å². The van der Waals surface area contributed by atoms with Crippen molar-refractivity contribution in [3.05, 3.63) is 35.4 Å². The van der Waals surface area contributed by atoms with Gasteiger partial charge >= 0.3 is 12.0 Å². The number of aryl methyl sites for hydroxylation is 1. The number of nitrogens with zero attached hydrogens (tertiary/aromatic N) is 1. The number of halogens is 2. The molecule has 0 aromatic heterocycles. The van der Waals surface area contributed by atoms with Crippen molar-refractivity contribution in [1.82, 2.24) is 4.90 Å². The summed E-state index contributed by atoms with van der Waals surface area (Å²) >= 11 is 11.1. The zero-order chi connectivity index (χ0) is 27.8. The highest BCUT2D eigenvalue weighted by atomic mass is 35.9. The number of amides is 1. The molecule has 9 heteroatoms. The second kappa shape index (κ2) is 18.3. The monoisotopic (exact) mass is 589 g/mol. The van der Waals surface area contributed by atoms with Crippen LogP contribution in [-0.4, -0.2) is 42.1 Å². The number of unbranched alkanes of at least 4 members (excludes halogenated alkanes) is 12. The first-order valence-electron chi connectivity index (χ1n) is 14.4. The smallest absolute Gasteiger partial charge is 0.380 e. The second-order valence-electron chi connectivity index (χ2n) is 10.5. The molecule has 1 aromatic rings. The van der Waals surface area contributed by atoms with Gasteiger partial charge in [0.15, 0.2) is 0 Å². The molecule has 1 heterocycles. The van der Waals surface area contributed by atoms with Gasteiger partial charge in [-0.15, -0.1) is 0 Å². The molecule has 0 spiro atoms. The van der Waals surface area contributed by atoms with Gasteiger partial charge < -0.3 is 14.2 Å². The Balaban J connectivity index is 1.70. The number of carbonyl (C=O) groups excluding carboxylic acids is 2. The zero-order valence-corrected chi connectivity index (χ0v) is 25.6. The summed E-state index contributed by atoms with van der Waals surface area (Å²) in [6.45, 7) is 4.41. The van der Waals surface area contributed by atoms with Crippen LogP contribution < -0.4 is 0 Å².